The molecule has 0 aromatic heterocycles. The van der Waals surface area contributed by atoms with Crippen LogP contribution in [0.15, 0.2) is 23.8 Å². The second-order valence-corrected chi connectivity index (χ2v) is 9.07. The summed E-state index contributed by atoms with van der Waals surface area (Å²) in [5.41, 5.74) is 1.35. The molecule has 1 aliphatic heterocycles. The van der Waals surface area contributed by atoms with Crippen LogP contribution in [-0.2, 0) is 14.3 Å². The molecule has 3 fully saturated rings. The van der Waals surface area contributed by atoms with Crippen LogP contribution >= 0.6 is 0 Å². The Morgan fingerprint density at radius 1 is 1.35 bits per heavy atom. The molecule has 0 spiro atoms. The van der Waals surface area contributed by atoms with Crippen molar-refractivity contribution in [3.8, 4) is 11.8 Å². The minimum atomic E-state index is -0.541. The predicted molar refractivity (Wildman–Crippen MR) is 119 cm³/mol. The lowest BCUT2D eigenvalue weighted by atomic mass is 9.89. The fourth-order valence-corrected chi connectivity index (χ4v) is 4.98. The Bertz CT molecular complexity index is 715. The largest absolute Gasteiger partial charge is 0.392 e. The maximum Gasteiger partial charge on any atom is 0.248 e. The Morgan fingerprint density at radius 3 is 2.87 bits per heavy atom. The summed E-state index contributed by atoms with van der Waals surface area (Å²) in [6.07, 6.45) is 8.51. The number of amides is 1. The van der Waals surface area contributed by atoms with Crippen molar-refractivity contribution in [1.82, 2.24) is 4.90 Å². The highest BCUT2D eigenvalue weighted by atomic mass is 16.5. The summed E-state index contributed by atoms with van der Waals surface area (Å²) in [5, 5.41) is 20.9. The van der Waals surface area contributed by atoms with E-state index in [0.717, 1.165) is 19.3 Å². The van der Waals surface area contributed by atoms with Crippen LogP contribution in [0.5, 0.6) is 0 Å². The van der Waals surface area contributed by atoms with Crippen LogP contribution < -0.4 is 0 Å². The first-order valence-corrected chi connectivity index (χ1v) is 11.5. The van der Waals surface area contributed by atoms with Crippen LogP contribution in [0.3, 0.4) is 0 Å². The number of rotatable bonds is 8. The molecule has 6 atom stereocenters. The van der Waals surface area contributed by atoms with Gasteiger partial charge in [-0.1, -0.05) is 30.7 Å². The normalized spacial score (nSPS) is 31.5. The Labute approximate surface area is 186 Å². The van der Waals surface area contributed by atoms with E-state index >= 15 is 0 Å². The number of aliphatic hydroxyl groups is 2. The number of hydrogen-bond donors (Lipinski definition) is 2. The third kappa shape index (κ3) is 6.66. The van der Waals surface area contributed by atoms with Crippen LogP contribution in [0.25, 0.3) is 0 Å². The van der Waals surface area contributed by atoms with Gasteiger partial charge in [0.15, 0.2) is 0 Å². The van der Waals surface area contributed by atoms with E-state index in [0.29, 0.717) is 51.2 Å². The second-order valence-electron chi connectivity index (χ2n) is 9.07. The van der Waals surface area contributed by atoms with Crippen molar-refractivity contribution in [3.05, 3.63) is 23.8 Å². The van der Waals surface area contributed by atoms with Crippen LogP contribution in [0.2, 0.25) is 0 Å². The molecule has 1 heterocycles. The Kier molecular flexibility index (Phi) is 9.15. The van der Waals surface area contributed by atoms with E-state index in [1.807, 2.05) is 26.0 Å². The standard InChI is InChI=1S/C25H37NO5/c1-3-4-5-18(2)23(27)7-6-21-22-15-19(14-20(22)16-24(21)28)8-11-31-17-25(29)26-9-12-30-13-10-26/h6-8,18,20-24,27-28H,5,9-17H2,1-2H3/t18-,20-,21+,22-,23+,24+/m0/s1. The summed E-state index contributed by atoms with van der Waals surface area (Å²) in [7, 11) is 0. The molecule has 0 bridgehead atoms. The molecule has 3 aliphatic rings. The SMILES string of the molecule is CC#CC[C@H](C)[C@H](O)C=C[C@@H]1[C@H]2CC(=CCOCC(=O)N3CCOCC3)C[C@H]2C[C@H]1O. The topological polar surface area (TPSA) is 79.2 Å². The van der Waals surface area contributed by atoms with E-state index in [4.69, 9.17) is 9.47 Å². The lowest BCUT2D eigenvalue weighted by molar-refractivity contribution is -0.139. The van der Waals surface area contributed by atoms with Crippen LogP contribution in [0.1, 0.15) is 39.5 Å². The van der Waals surface area contributed by atoms with Crippen LogP contribution in [-0.4, -0.2) is 72.7 Å². The third-order valence-corrected chi connectivity index (χ3v) is 6.90. The summed E-state index contributed by atoms with van der Waals surface area (Å²) in [4.78, 5) is 13.9. The summed E-state index contributed by atoms with van der Waals surface area (Å²) in [6, 6.07) is 0. The number of hydrogen-bond acceptors (Lipinski definition) is 5. The number of ether oxygens (including phenoxy) is 2. The molecule has 2 saturated carbocycles. The fraction of sp³-hybridized carbons (Fsp3) is 0.720. The van der Waals surface area contributed by atoms with Gasteiger partial charge >= 0.3 is 0 Å². The third-order valence-electron chi connectivity index (χ3n) is 6.90. The number of carbonyl (C=O) groups is 1. The molecule has 2 aliphatic carbocycles. The number of aliphatic hydroxyl groups excluding tert-OH is 2. The average molecular weight is 432 g/mol. The molecule has 31 heavy (non-hydrogen) atoms. The van der Waals surface area contributed by atoms with Gasteiger partial charge in [0.1, 0.15) is 6.61 Å². The fourth-order valence-electron chi connectivity index (χ4n) is 4.98. The van der Waals surface area contributed by atoms with Crippen molar-refractivity contribution in [1.29, 1.82) is 0 Å². The zero-order valence-electron chi connectivity index (χ0n) is 18.8. The van der Waals surface area contributed by atoms with E-state index in [1.54, 1.807) is 4.90 Å². The van der Waals surface area contributed by atoms with Crippen molar-refractivity contribution in [2.75, 3.05) is 39.5 Å². The lowest BCUT2D eigenvalue weighted by Crippen LogP contribution is -2.42. The molecule has 0 aromatic rings. The molecule has 6 heteroatoms. The summed E-state index contributed by atoms with van der Waals surface area (Å²) in [5.74, 6) is 6.96. The zero-order chi connectivity index (χ0) is 22.2. The molecule has 1 amide bonds. The molecule has 0 aromatic carbocycles. The Balaban J connectivity index is 1.45. The van der Waals surface area contributed by atoms with Crippen molar-refractivity contribution >= 4 is 5.91 Å². The quantitative estimate of drug-likeness (QED) is 0.350. The van der Waals surface area contributed by atoms with Gasteiger partial charge in [0.25, 0.3) is 0 Å². The smallest absolute Gasteiger partial charge is 0.248 e. The second kappa shape index (κ2) is 11.8. The highest BCUT2D eigenvalue weighted by Crippen LogP contribution is 2.50. The van der Waals surface area contributed by atoms with Gasteiger partial charge in [0.2, 0.25) is 5.91 Å². The van der Waals surface area contributed by atoms with Gasteiger partial charge < -0.3 is 24.6 Å². The molecular formula is C25H37NO5. The van der Waals surface area contributed by atoms with Crippen molar-refractivity contribution < 1.29 is 24.5 Å². The van der Waals surface area contributed by atoms with Crippen LogP contribution in [0.4, 0.5) is 0 Å². The number of nitrogens with zero attached hydrogens (tertiary/aromatic N) is 1. The number of fused-ring (bicyclic) bond motifs is 1. The predicted octanol–water partition coefficient (Wildman–Crippen LogP) is 2.16. The molecule has 6 nitrogen and oxygen atoms in total. The summed E-state index contributed by atoms with van der Waals surface area (Å²) < 4.78 is 10.9. The van der Waals surface area contributed by atoms with Gasteiger partial charge in [-0.2, -0.15) is 0 Å². The molecule has 3 rings (SSSR count). The number of allylic oxidation sites excluding steroid dienone is 1. The molecule has 2 N–H and O–H groups in total. The first-order valence-electron chi connectivity index (χ1n) is 11.5. The Hall–Kier alpha value is -1.65. The zero-order valence-corrected chi connectivity index (χ0v) is 18.8. The molecule has 0 unspecified atom stereocenters. The average Bonchev–Trinajstić information content (AvgIpc) is 3.30. The molecule has 172 valence electrons. The van der Waals surface area contributed by atoms with E-state index in [-0.39, 0.29) is 30.5 Å². The maximum absolute atomic E-state index is 12.1. The van der Waals surface area contributed by atoms with Gasteiger partial charge in [-0.25, -0.2) is 0 Å². The molecule has 1 saturated heterocycles. The van der Waals surface area contributed by atoms with Crippen molar-refractivity contribution in [2.24, 2.45) is 23.7 Å². The van der Waals surface area contributed by atoms with E-state index < -0.39 is 6.10 Å². The Morgan fingerprint density at radius 2 is 2.13 bits per heavy atom. The number of morpholine rings is 1. The monoisotopic (exact) mass is 431 g/mol. The van der Waals surface area contributed by atoms with Crippen molar-refractivity contribution in [2.45, 2.75) is 51.7 Å². The molecule has 0 radical (unpaired) electrons. The minimum Gasteiger partial charge on any atom is -0.392 e. The van der Waals surface area contributed by atoms with E-state index in [2.05, 4.69) is 17.9 Å². The highest BCUT2D eigenvalue weighted by Gasteiger charge is 2.45. The minimum absolute atomic E-state index is 0.0241. The first-order chi connectivity index (χ1) is 15.0. The highest BCUT2D eigenvalue weighted by molar-refractivity contribution is 5.77. The van der Waals surface area contributed by atoms with Gasteiger partial charge in [-0.3, -0.25) is 4.79 Å². The van der Waals surface area contributed by atoms with Crippen LogP contribution in [0, 0.1) is 35.5 Å². The van der Waals surface area contributed by atoms with E-state index in [1.165, 1.54) is 5.57 Å². The van der Waals surface area contributed by atoms with E-state index in [9.17, 15) is 15.0 Å². The van der Waals surface area contributed by atoms with Gasteiger partial charge in [-0.15, -0.1) is 11.8 Å². The van der Waals surface area contributed by atoms with Gasteiger partial charge in [-0.05, 0) is 43.9 Å². The lowest BCUT2D eigenvalue weighted by Gasteiger charge is -2.26. The van der Waals surface area contributed by atoms with Gasteiger partial charge in [0.05, 0.1) is 32.0 Å². The van der Waals surface area contributed by atoms with Crippen molar-refractivity contribution in [3.63, 3.8) is 0 Å². The number of carbonyl (C=O) groups excluding carboxylic acids is 1. The summed E-state index contributed by atoms with van der Waals surface area (Å²) >= 11 is 0. The van der Waals surface area contributed by atoms with Gasteiger partial charge in [0, 0.05) is 25.4 Å². The maximum atomic E-state index is 12.1. The first kappa shape index (κ1) is 24.0. The summed E-state index contributed by atoms with van der Waals surface area (Å²) in [6.45, 7) is 6.84. The molecular weight excluding hydrogens is 394 g/mol.